The Kier molecular flexibility index (Phi) is 3.93. The van der Waals surface area contributed by atoms with Gasteiger partial charge in [0.25, 0.3) is 5.91 Å². The van der Waals surface area contributed by atoms with E-state index in [-0.39, 0.29) is 5.69 Å². The van der Waals surface area contributed by atoms with E-state index in [1.165, 1.54) is 6.07 Å². The summed E-state index contributed by atoms with van der Waals surface area (Å²) in [6.07, 6.45) is 0. The van der Waals surface area contributed by atoms with E-state index in [1.807, 2.05) is 0 Å². The van der Waals surface area contributed by atoms with E-state index in [9.17, 15) is 14.0 Å². The summed E-state index contributed by atoms with van der Waals surface area (Å²) in [4.78, 5) is 22.8. The number of hydrogen-bond acceptors (Lipinski definition) is 4. The molecule has 108 valence electrons. The fourth-order valence-electron chi connectivity index (χ4n) is 1.74. The summed E-state index contributed by atoms with van der Waals surface area (Å²) in [6, 6.07) is 4.94. The minimum Gasteiger partial charge on any atom is -0.478 e. The lowest BCUT2D eigenvalue weighted by Gasteiger charge is -2.08. The van der Waals surface area contributed by atoms with E-state index in [1.54, 1.807) is 19.9 Å². The molecule has 0 atom stereocenters. The van der Waals surface area contributed by atoms with Gasteiger partial charge in [-0.15, -0.1) is 0 Å². The monoisotopic (exact) mass is 289 g/mol. The summed E-state index contributed by atoms with van der Waals surface area (Å²) < 4.78 is 13.5. The summed E-state index contributed by atoms with van der Waals surface area (Å²) >= 11 is 0. The highest BCUT2D eigenvalue weighted by Crippen LogP contribution is 2.16. The number of aryl methyl sites for hydroxylation is 2. The van der Waals surface area contributed by atoms with Crippen LogP contribution in [0.15, 0.2) is 24.3 Å². The van der Waals surface area contributed by atoms with E-state index >= 15 is 0 Å². The minimum absolute atomic E-state index is 0.163. The van der Waals surface area contributed by atoms with Gasteiger partial charge >= 0.3 is 5.97 Å². The first-order valence-corrected chi connectivity index (χ1v) is 6.03. The van der Waals surface area contributed by atoms with Crippen molar-refractivity contribution in [1.29, 1.82) is 0 Å². The van der Waals surface area contributed by atoms with Crippen molar-refractivity contribution in [2.75, 3.05) is 5.32 Å². The molecule has 2 rings (SSSR count). The van der Waals surface area contributed by atoms with Crippen LogP contribution in [0.5, 0.6) is 0 Å². The molecule has 2 N–H and O–H groups in total. The number of aromatic carboxylic acids is 1. The van der Waals surface area contributed by atoms with Gasteiger partial charge in [0.2, 0.25) is 0 Å². The number of nitrogens with one attached hydrogen (secondary N) is 1. The van der Waals surface area contributed by atoms with Gasteiger partial charge in [0.1, 0.15) is 5.82 Å². The van der Waals surface area contributed by atoms with Gasteiger partial charge in [0.15, 0.2) is 0 Å². The number of carbonyl (C=O) groups is 2. The Bertz CT molecular complexity index is 731. The first-order valence-electron chi connectivity index (χ1n) is 6.03. The quantitative estimate of drug-likeness (QED) is 0.903. The molecular weight excluding hydrogens is 277 g/mol. The molecule has 0 aliphatic heterocycles. The lowest BCUT2D eigenvalue weighted by atomic mass is 10.1. The fourth-order valence-corrected chi connectivity index (χ4v) is 1.74. The Labute approximate surface area is 119 Å². The van der Waals surface area contributed by atoms with Crippen LogP contribution in [0.25, 0.3) is 0 Å². The third kappa shape index (κ3) is 3.19. The van der Waals surface area contributed by atoms with Gasteiger partial charge in [-0.3, -0.25) is 4.79 Å². The summed E-state index contributed by atoms with van der Waals surface area (Å²) in [5, 5.41) is 18.9. The van der Waals surface area contributed by atoms with Gasteiger partial charge in [0, 0.05) is 5.69 Å². The Morgan fingerprint density at radius 1 is 1.14 bits per heavy atom. The zero-order valence-electron chi connectivity index (χ0n) is 11.3. The van der Waals surface area contributed by atoms with E-state index < -0.39 is 23.3 Å². The van der Waals surface area contributed by atoms with Gasteiger partial charge in [-0.05, 0) is 38.1 Å². The van der Waals surface area contributed by atoms with Crippen LogP contribution in [0, 0.1) is 19.7 Å². The maximum absolute atomic E-state index is 13.5. The van der Waals surface area contributed by atoms with Crippen LogP contribution in [0.4, 0.5) is 10.1 Å². The molecule has 6 nitrogen and oxygen atoms in total. The summed E-state index contributed by atoms with van der Waals surface area (Å²) in [7, 11) is 0. The van der Waals surface area contributed by atoms with E-state index in [4.69, 9.17) is 5.11 Å². The van der Waals surface area contributed by atoms with Gasteiger partial charge in [-0.1, -0.05) is 0 Å². The largest absolute Gasteiger partial charge is 0.478 e. The molecule has 1 amide bonds. The first kappa shape index (κ1) is 14.6. The molecule has 0 saturated carbocycles. The standard InChI is InChI=1S/C14H12FN3O3/c1-7-5-11(8(2)18-17-7)13(19)16-9-3-4-10(14(20)21)12(15)6-9/h3-6H,1-2H3,(H,16,19)(H,20,21). The summed E-state index contributed by atoms with van der Waals surface area (Å²) in [5.74, 6) is -2.75. The van der Waals surface area contributed by atoms with Crippen molar-refractivity contribution < 1.29 is 19.1 Å². The number of nitrogens with zero attached hydrogens (tertiary/aromatic N) is 2. The number of carboxylic acids is 1. The smallest absolute Gasteiger partial charge is 0.338 e. The van der Waals surface area contributed by atoms with Crippen molar-refractivity contribution in [2.24, 2.45) is 0 Å². The molecule has 2 aromatic rings. The lowest BCUT2D eigenvalue weighted by Crippen LogP contribution is -2.15. The minimum atomic E-state index is -1.37. The second-order valence-electron chi connectivity index (χ2n) is 4.44. The molecule has 21 heavy (non-hydrogen) atoms. The highest BCUT2D eigenvalue weighted by molar-refractivity contribution is 6.05. The van der Waals surface area contributed by atoms with Crippen molar-refractivity contribution in [2.45, 2.75) is 13.8 Å². The number of carbonyl (C=O) groups excluding carboxylic acids is 1. The molecule has 0 aliphatic carbocycles. The maximum Gasteiger partial charge on any atom is 0.338 e. The van der Waals surface area contributed by atoms with E-state index in [0.29, 0.717) is 17.0 Å². The summed E-state index contributed by atoms with van der Waals surface area (Å²) in [6.45, 7) is 3.33. The number of amides is 1. The molecule has 1 heterocycles. The van der Waals surface area contributed by atoms with Crippen LogP contribution in [0.2, 0.25) is 0 Å². The van der Waals surface area contributed by atoms with E-state index in [0.717, 1.165) is 12.1 Å². The fraction of sp³-hybridized carbons (Fsp3) is 0.143. The molecule has 0 bridgehead atoms. The summed E-state index contributed by atoms with van der Waals surface area (Å²) in [5.41, 5.74) is 1.06. The van der Waals surface area contributed by atoms with Gasteiger partial charge in [-0.25, -0.2) is 9.18 Å². The lowest BCUT2D eigenvalue weighted by molar-refractivity contribution is 0.0692. The van der Waals surface area contributed by atoms with Crippen LogP contribution in [-0.4, -0.2) is 27.2 Å². The average molecular weight is 289 g/mol. The van der Waals surface area contributed by atoms with Gasteiger partial charge in [-0.2, -0.15) is 10.2 Å². The van der Waals surface area contributed by atoms with Crippen molar-refractivity contribution >= 4 is 17.6 Å². The van der Waals surface area contributed by atoms with Crippen molar-refractivity contribution in [3.8, 4) is 0 Å². The molecular formula is C14H12FN3O3. The Morgan fingerprint density at radius 3 is 2.48 bits per heavy atom. The molecule has 0 aliphatic rings. The van der Waals surface area contributed by atoms with Crippen LogP contribution in [0.3, 0.4) is 0 Å². The maximum atomic E-state index is 13.5. The topological polar surface area (TPSA) is 92.2 Å². The zero-order chi connectivity index (χ0) is 15.6. The molecule has 0 spiro atoms. The van der Waals surface area contributed by atoms with Gasteiger partial charge in [0.05, 0.1) is 22.5 Å². The molecule has 1 aromatic carbocycles. The van der Waals surface area contributed by atoms with Crippen molar-refractivity contribution in [3.05, 3.63) is 52.6 Å². The van der Waals surface area contributed by atoms with Crippen molar-refractivity contribution in [3.63, 3.8) is 0 Å². The predicted molar refractivity (Wildman–Crippen MR) is 72.8 cm³/mol. The Balaban J connectivity index is 2.26. The Hall–Kier alpha value is -2.83. The second kappa shape index (κ2) is 5.66. The van der Waals surface area contributed by atoms with Gasteiger partial charge < -0.3 is 10.4 Å². The molecule has 0 unspecified atom stereocenters. The molecule has 0 radical (unpaired) electrons. The number of anilines is 1. The molecule has 0 saturated heterocycles. The molecule has 0 fully saturated rings. The predicted octanol–water partition coefficient (Wildman–Crippen LogP) is 2.18. The second-order valence-corrected chi connectivity index (χ2v) is 4.44. The van der Waals surface area contributed by atoms with Crippen LogP contribution < -0.4 is 5.32 Å². The van der Waals surface area contributed by atoms with Crippen LogP contribution >= 0.6 is 0 Å². The zero-order valence-corrected chi connectivity index (χ0v) is 11.3. The van der Waals surface area contributed by atoms with Crippen LogP contribution in [-0.2, 0) is 0 Å². The van der Waals surface area contributed by atoms with E-state index in [2.05, 4.69) is 15.5 Å². The van der Waals surface area contributed by atoms with Crippen molar-refractivity contribution in [1.82, 2.24) is 10.2 Å². The first-order chi connectivity index (χ1) is 9.88. The third-order valence-corrected chi connectivity index (χ3v) is 2.80. The SMILES string of the molecule is Cc1cc(C(=O)Nc2ccc(C(=O)O)c(F)c2)c(C)nn1. The number of hydrogen-bond donors (Lipinski definition) is 2. The Morgan fingerprint density at radius 2 is 1.86 bits per heavy atom. The number of benzene rings is 1. The number of rotatable bonds is 3. The normalized spacial score (nSPS) is 10.2. The average Bonchev–Trinajstić information content (AvgIpc) is 2.41. The highest BCUT2D eigenvalue weighted by atomic mass is 19.1. The van der Waals surface area contributed by atoms with Crippen LogP contribution in [0.1, 0.15) is 32.1 Å². The molecule has 1 aromatic heterocycles. The number of halogens is 1. The third-order valence-electron chi connectivity index (χ3n) is 2.80. The number of aromatic nitrogens is 2. The molecule has 7 heteroatoms. The highest BCUT2D eigenvalue weighted by Gasteiger charge is 2.14. The number of carboxylic acid groups (broad SMARTS) is 1.